The van der Waals surface area contributed by atoms with Gasteiger partial charge in [0.2, 0.25) is 0 Å². The Kier molecular flexibility index (Phi) is 3.57. The maximum atomic E-state index is 5.90. The minimum atomic E-state index is 0.465. The second-order valence-corrected chi connectivity index (χ2v) is 3.87. The van der Waals surface area contributed by atoms with Crippen molar-refractivity contribution < 1.29 is 0 Å². The Balaban J connectivity index is 2.45. The molecule has 0 radical (unpaired) electrons. The molecule has 0 aromatic carbocycles. The van der Waals surface area contributed by atoms with Crippen molar-refractivity contribution in [1.29, 1.82) is 0 Å². The maximum Gasteiger partial charge on any atom is 0.113 e. The quantitative estimate of drug-likeness (QED) is 0.763. The Hall–Kier alpha value is -1.35. The van der Waals surface area contributed by atoms with Gasteiger partial charge < -0.3 is 4.57 Å². The van der Waals surface area contributed by atoms with Crippen LogP contribution in [0.3, 0.4) is 0 Å². The van der Waals surface area contributed by atoms with Crippen molar-refractivity contribution in [1.82, 2.24) is 14.5 Å². The number of alkyl halides is 1. The summed E-state index contributed by atoms with van der Waals surface area (Å²) in [5, 5.41) is 0. The normalized spacial score (nSPS) is 10.6. The third-order valence-electron chi connectivity index (χ3n) is 2.47. The highest BCUT2D eigenvalue weighted by molar-refractivity contribution is 6.17. The maximum absolute atomic E-state index is 5.90. The van der Waals surface area contributed by atoms with Gasteiger partial charge in [-0.25, -0.2) is 4.98 Å². The van der Waals surface area contributed by atoms with Crippen LogP contribution >= 0.6 is 11.6 Å². The van der Waals surface area contributed by atoms with E-state index in [4.69, 9.17) is 11.6 Å². The third-order valence-corrected chi connectivity index (χ3v) is 2.76. The lowest BCUT2D eigenvalue weighted by Gasteiger charge is -2.10. The number of halogens is 1. The van der Waals surface area contributed by atoms with E-state index in [1.165, 1.54) is 0 Å². The average molecular weight is 236 g/mol. The summed E-state index contributed by atoms with van der Waals surface area (Å²) in [5.74, 6) is 1.53. The molecule has 0 atom stereocenters. The minimum Gasteiger partial charge on any atom is -0.303 e. The molecule has 0 aliphatic carbocycles. The number of nitrogens with zero attached hydrogens (tertiary/aromatic N) is 3. The number of aromatic nitrogens is 3. The lowest BCUT2D eigenvalue weighted by Crippen LogP contribution is -2.03. The summed E-state index contributed by atoms with van der Waals surface area (Å²) in [6.07, 6.45) is 9.42. The predicted molar refractivity (Wildman–Crippen MR) is 64.9 cm³/mol. The Morgan fingerprint density at radius 3 is 3.00 bits per heavy atom. The average Bonchev–Trinajstić information content (AvgIpc) is 2.77. The van der Waals surface area contributed by atoms with Crippen LogP contribution in [0.15, 0.2) is 30.9 Å². The van der Waals surface area contributed by atoms with Crippen LogP contribution in [0.5, 0.6) is 0 Å². The van der Waals surface area contributed by atoms with Gasteiger partial charge in [-0.3, -0.25) is 4.98 Å². The number of hydrogen-bond donors (Lipinski definition) is 0. The van der Waals surface area contributed by atoms with E-state index in [1.807, 2.05) is 18.5 Å². The van der Waals surface area contributed by atoms with Gasteiger partial charge in [-0.1, -0.05) is 6.92 Å². The van der Waals surface area contributed by atoms with Gasteiger partial charge in [0.15, 0.2) is 0 Å². The lowest BCUT2D eigenvalue weighted by molar-refractivity contribution is 0.805. The second kappa shape index (κ2) is 5.12. The van der Waals surface area contributed by atoms with Crippen molar-refractivity contribution in [3.05, 3.63) is 42.2 Å². The molecule has 0 fully saturated rings. The topological polar surface area (TPSA) is 30.7 Å². The van der Waals surface area contributed by atoms with E-state index in [0.717, 1.165) is 29.9 Å². The van der Waals surface area contributed by atoms with Crippen LogP contribution < -0.4 is 0 Å². The van der Waals surface area contributed by atoms with Crippen molar-refractivity contribution in [2.45, 2.75) is 25.6 Å². The lowest BCUT2D eigenvalue weighted by atomic mass is 10.2. The molecule has 3 nitrogen and oxygen atoms in total. The van der Waals surface area contributed by atoms with Gasteiger partial charge >= 0.3 is 0 Å². The molecule has 84 valence electrons. The van der Waals surface area contributed by atoms with Crippen molar-refractivity contribution in [2.24, 2.45) is 0 Å². The molecule has 2 heterocycles. The van der Waals surface area contributed by atoms with Crippen LogP contribution in [0.2, 0.25) is 0 Å². The number of rotatable bonds is 4. The van der Waals surface area contributed by atoms with Crippen LogP contribution in [0, 0.1) is 0 Å². The molecule has 0 spiro atoms. The molecule has 0 saturated heterocycles. The molecular weight excluding hydrogens is 222 g/mol. The molecule has 16 heavy (non-hydrogen) atoms. The van der Waals surface area contributed by atoms with Gasteiger partial charge in [-0.2, -0.15) is 0 Å². The van der Waals surface area contributed by atoms with E-state index in [1.54, 1.807) is 12.4 Å². The predicted octanol–water partition coefficient (Wildman–Crippen LogP) is 2.96. The molecule has 0 amide bonds. The molecule has 2 rings (SSSR count). The number of aryl methyl sites for hydroxylation is 1. The summed E-state index contributed by atoms with van der Waals surface area (Å²) < 4.78 is 2.09. The molecule has 0 unspecified atom stereocenters. The van der Waals surface area contributed by atoms with Crippen molar-refractivity contribution in [2.75, 3.05) is 0 Å². The van der Waals surface area contributed by atoms with E-state index in [0.29, 0.717) is 5.88 Å². The fourth-order valence-corrected chi connectivity index (χ4v) is 1.93. The van der Waals surface area contributed by atoms with E-state index in [9.17, 15) is 0 Å². The summed E-state index contributed by atoms with van der Waals surface area (Å²) in [7, 11) is 0. The molecule has 2 aromatic heterocycles. The zero-order valence-corrected chi connectivity index (χ0v) is 9.98. The highest BCUT2D eigenvalue weighted by Crippen LogP contribution is 2.17. The molecule has 0 saturated carbocycles. The first-order valence-electron chi connectivity index (χ1n) is 5.38. The van der Waals surface area contributed by atoms with Crippen molar-refractivity contribution in [3.8, 4) is 5.69 Å². The molecule has 0 aliphatic heterocycles. The largest absolute Gasteiger partial charge is 0.303 e. The first kappa shape index (κ1) is 11.1. The number of hydrogen-bond acceptors (Lipinski definition) is 2. The van der Waals surface area contributed by atoms with Crippen LogP contribution in [-0.2, 0) is 12.3 Å². The Bertz CT molecular complexity index is 465. The zero-order valence-electron chi connectivity index (χ0n) is 9.23. The summed E-state index contributed by atoms with van der Waals surface area (Å²) in [4.78, 5) is 8.44. The highest BCUT2D eigenvalue weighted by atomic mass is 35.5. The van der Waals surface area contributed by atoms with Gasteiger partial charge in [0, 0.05) is 36.8 Å². The van der Waals surface area contributed by atoms with Crippen LogP contribution in [0.4, 0.5) is 0 Å². The SMILES string of the molecule is CCCc1nccn1-c1ccncc1CCl. The van der Waals surface area contributed by atoms with E-state index in [-0.39, 0.29) is 0 Å². The van der Waals surface area contributed by atoms with E-state index in [2.05, 4.69) is 21.5 Å². The van der Waals surface area contributed by atoms with Crippen LogP contribution in [-0.4, -0.2) is 14.5 Å². The Morgan fingerprint density at radius 2 is 2.25 bits per heavy atom. The monoisotopic (exact) mass is 235 g/mol. The molecule has 0 bridgehead atoms. The Labute approximate surface area is 100 Å². The fraction of sp³-hybridized carbons (Fsp3) is 0.333. The number of imidazole rings is 1. The minimum absolute atomic E-state index is 0.465. The zero-order chi connectivity index (χ0) is 11.4. The summed E-state index contributed by atoms with van der Waals surface area (Å²) in [5.41, 5.74) is 2.10. The van der Waals surface area contributed by atoms with E-state index < -0.39 is 0 Å². The second-order valence-electron chi connectivity index (χ2n) is 3.60. The molecule has 4 heteroatoms. The van der Waals surface area contributed by atoms with Crippen molar-refractivity contribution >= 4 is 11.6 Å². The molecule has 2 aromatic rings. The number of pyridine rings is 1. The standard InChI is InChI=1S/C12H14ClN3/c1-2-3-12-15-6-7-16(12)11-4-5-14-9-10(11)8-13/h4-7,9H,2-3,8H2,1H3. The summed E-state index contributed by atoms with van der Waals surface area (Å²) in [6.45, 7) is 2.15. The smallest absolute Gasteiger partial charge is 0.113 e. The molecule has 0 aliphatic rings. The first-order valence-corrected chi connectivity index (χ1v) is 5.91. The highest BCUT2D eigenvalue weighted by Gasteiger charge is 2.07. The fourth-order valence-electron chi connectivity index (χ4n) is 1.72. The van der Waals surface area contributed by atoms with Crippen LogP contribution in [0.1, 0.15) is 24.7 Å². The van der Waals surface area contributed by atoms with Gasteiger partial charge in [-0.05, 0) is 12.5 Å². The van der Waals surface area contributed by atoms with Crippen molar-refractivity contribution in [3.63, 3.8) is 0 Å². The third kappa shape index (κ3) is 2.09. The van der Waals surface area contributed by atoms with Crippen LogP contribution in [0.25, 0.3) is 5.69 Å². The Morgan fingerprint density at radius 1 is 1.38 bits per heavy atom. The molecular formula is C12H14ClN3. The first-order chi connectivity index (χ1) is 7.86. The summed E-state index contributed by atoms with van der Waals surface area (Å²) in [6, 6.07) is 1.97. The van der Waals surface area contributed by atoms with Gasteiger partial charge in [-0.15, -0.1) is 11.6 Å². The van der Waals surface area contributed by atoms with E-state index >= 15 is 0 Å². The summed E-state index contributed by atoms with van der Waals surface area (Å²) >= 11 is 5.90. The molecule has 0 N–H and O–H groups in total. The van der Waals surface area contributed by atoms with Gasteiger partial charge in [0.05, 0.1) is 11.6 Å². The van der Waals surface area contributed by atoms with Gasteiger partial charge in [0.25, 0.3) is 0 Å². The van der Waals surface area contributed by atoms with Gasteiger partial charge in [0.1, 0.15) is 5.82 Å².